The molecule has 0 spiro atoms. The molecule has 0 unspecified atom stereocenters. The quantitative estimate of drug-likeness (QED) is 0.400. The topological polar surface area (TPSA) is 0 Å². The molecule has 0 aliphatic heterocycles. The van der Waals surface area contributed by atoms with Crippen molar-refractivity contribution in [1.29, 1.82) is 0 Å². The fourth-order valence-corrected chi connectivity index (χ4v) is 2.00. The summed E-state index contributed by atoms with van der Waals surface area (Å²) < 4.78 is 0. The molecule has 0 aromatic heterocycles. The van der Waals surface area contributed by atoms with Crippen LogP contribution in [0.2, 0.25) is 0 Å². The summed E-state index contributed by atoms with van der Waals surface area (Å²) in [4.78, 5) is 0. The van der Waals surface area contributed by atoms with Crippen LogP contribution in [0.5, 0.6) is 0 Å². The predicted octanol–water partition coefficient (Wildman–Crippen LogP) is 3.52. The van der Waals surface area contributed by atoms with E-state index in [-0.39, 0.29) is 23.1 Å². The summed E-state index contributed by atoms with van der Waals surface area (Å²) in [6.45, 7) is 5.00. The molecule has 0 fully saturated rings. The molecule has 2 aromatic rings. The van der Waals surface area contributed by atoms with Crippen LogP contribution in [0.4, 0.5) is 0 Å². The van der Waals surface area contributed by atoms with Crippen LogP contribution < -0.4 is 0 Å². The summed E-state index contributed by atoms with van der Waals surface area (Å²) in [7, 11) is 0. The van der Waals surface area contributed by atoms with Gasteiger partial charge in [0.25, 0.3) is 0 Å². The van der Waals surface area contributed by atoms with E-state index in [1.54, 1.807) is 6.92 Å². The third kappa shape index (κ3) is 2.31. The van der Waals surface area contributed by atoms with Gasteiger partial charge >= 0.3 is 23.1 Å². The van der Waals surface area contributed by atoms with Crippen LogP contribution in [0, 0.1) is 13.0 Å². The molecule has 0 atom stereocenters. The van der Waals surface area contributed by atoms with Crippen molar-refractivity contribution < 1.29 is 0 Å². The van der Waals surface area contributed by atoms with E-state index < -0.39 is 0 Å². The molecule has 3 rings (SSSR count). The smallest absolute Gasteiger partial charge is 0.346 e. The van der Waals surface area contributed by atoms with Gasteiger partial charge < -0.3 is 6.92 Å². The average Bonchev–Trinajstić information content (AvgIpc) is 2.70. The van der Waals surface area contributed by atoms with Gasteiger partial charge in [0.2, 0.25) is 0 Å². The van der Waals surface area contributed by atoms with E-state index in [1.165, 1.54) is 22.3 Å². The molecule has 0 saturated heterocycles. The maximum atomic E-state index is 3.30. The van der Waals surface area contributed by atoms with Crippen molar-refractivity contribution in [3.8, 4) is 11.1 Å². The molecule has 76 valence electrons. The Morgan fingerprint density at radius 1 is 1.00 bits per heavy atom. The standard InChI is InChI=1S/C13H9.C2H5.Mg/c1-3-7-12-10(5-1)9-11-6-2-4-8-13(11)12;1-2;/h1-5,7-8H,9H2;1H2,2H3;/q2*-1;+2. The summed E-state index contributed by atoms with van der Waals surface area (Å²) in [6, 6.07) is 18.1. The Balaban J connectivity index is 0.000000406. The normalized spacial score (nSPS) is 10.4. The zero-order valence-electron chi connectivity index (χ0n) is 9.66. The fraction of sp³-hybridized carbons (Fsp3) is 0.133. The van der Waals surface area contributed by atoms with Crippen molar-refractivity contribution in [1.82, 2.24) is 0 Å². The Labute approximate surface area is 114 Å². The van der Waals surface area contributed by atoms with Gasteiger partial charge in [0.15, 0.2) is 0 Å². The largest absolute Gasteiger partial charge is 2.00 e. The van der Waals surface area contributed by atoms with Gasteiger partial charge in [-0.05, 0) is 6.42 Å². The van der Waals surface area contributed by atoms with Crippen molar-refractivity contribution in [3.63, 3.8) is 0 Å². The first-order valence-corrected chi connectivity index (χ1v) is 5.24. The van der Waals surface area contributed by atoms with Crippen LogP contribution in [0.3, 0.4) is 0 Å². The molecule has 2 aromatic carbocycles. The molecular weight excluding hydrogens is 204 g/mol. The predicted molar refractivity (Wildman–Crippen MR) is 70.3 cm³/mol. The number of hydrogen-bond acceptors (Lipinski definition) is 0. The molecule has 1 aliphatic rings. The second-order valence-corrected chi connectivity index (χ2v) is 3.40. The number of rotatable bonds is 0. The summed E-state index contributed by atoms with van der Waals surface area (Å²) in [6.07, 6.45) is 1.05. The van der Waals surface area contributed by atoms with Crippen molar-refractivity contribution in [3.05, 3.63) is 66.6 Å². The third-order valence-electron chi connectivity index (χ3n) is 2.62. The monoisotopic (exact) mass is 218 g/mol. The minimum absolute atomic E-state index is 0. The Morgan fingerprint density at radius 2 is 1.69 bits per heavy atom. The van der Waals surface area contributed by atoms with E-state index in [0.717, 1.165) is 6.42 Å². The molecule has 0 bridgehead atoms. The van der Waals surface area contributed by atoms with Gasteiger partial charge in [0.1, 0.15) is 0 Å². The van der Waals surface area contributed by atoms with Gasteiger partial charge in [-0.15, -0.1) is 5.56 Å². The van der Waals surface area contributed by atoms with Gasteiger partial charge in [-0.25, -0.2) is 0 Å². The van der Waals surface area contributed by atoms with Gasteiger partial charge in [0.05, 0.1) is 0 Å². The minimum Gasteiger partial charge on any atom is -0.346 e. The Hall–Kier alpha value is -0.794. The Bertz CT molecular complexity index is 417. The van der Waals surface area contributed by atoms with Gasteiger partial charge in [0, 0.05) is 0 Å². The van der Waals surface area contributed by atoms with E-state index >= 15 is 0 Å². The molecule has 16 heavy (non-hydrogen) atoms. The first-order valence-electron chi connectivity index (χ1n) is 5.24. The fourth-order valence-electron chi connectivity index (χ4n) is 2.00. The molecule has 1 heteroatoms. The molecule has 0 N–H and O–H groups in total. The Morgan fingerprint density at radius 3 is 2.50 bits per heavy atom. The molecule has 0 heterocycles. The van der Waals surface area contributed by atoms with E-state index in [4.69, 9.17) is 0 Å². The van der Waals surface area contributed by atoms with Crippen LogP contribution >= 0.6 is 0 Å². The van der Waals surface area contributed by atoms with Crippen LogP contribution in [0.25, 0.3) is 11.1 Å². The number of fused-ring (bicyclic) bond motifs is 3. The SMILES string of the molecule is [CH2-]C.[Mg+2].[c-]1cccc2c1Cc1ccccc1-2. The van der Waals surface area contributed by atoms with Crippen LogP contribution in [-0.4, -0.2) is 23.1 Å². The molecular formula is C15H14Mg. The summed E-state index contributed by atoms with van der Waals surface area (Å²) in [5.41, 5.74) is 5.51. The zero-order valence-corrected chi connectivity index (χ0v) is 11.1. The second-order valence-electron chi connectivity index (χ2n) is 3.40. The van der Waals surface area contributed by atoms with Crippen LogP contribution in [0.15, 0.2) is 42.5 Å². The Kier molecular flexibility index (Phi) is 5.03. The molecule has 0 amide bonds. The van der Waals surface area contributed by atoms with Crippen LogP contribution in [-0.2, 0) is 6.42 Å². The summed E-state index contributed by atoms with van der Waals surface area (Å²) in [5.74, 6) is 0. The van der Waals surface area contributed by atoms with Crippen molar-refractivity contribution >= 4 is 23.1 Å². The van der Waals surface area contributed by atoms with Gasteiger partial charge in [-0.3, -0.25) is 0 Å². The maximum Gasteiger partial charge on any atom is 2.00 e. The van der Waals surface area contributed by atoms with Gasteiger partial charge in [-0.1, -0.05) is 35.4 Å². The average molecular weight is 219 g/mol. The zero-order chi connectivity index (χ0) is 10.7. The van der Waals surface area contributed by atoms with Crippen molar-refractivity contribution in [2.24, 2.45) is 0 Å². The minimum atomic E-state index is 0. The van der Waals surface area contributed by atoms with E-state index in [9.17, 15) is 0 Å². The molecule has 0 nitrogen and oxygen atoms in total. The molecule has 1 aliphatic carbocycles. The van der Waals surface area contributed by atoms with Crippen LogP contribution in [0.1, 0.15) is 18.1 Å². The van der Waals surface area contributed by atoms with Crippen molar-refractivity contribution in [2.75, 3.05) is 0 Å². The van der Waals surface area contributed by atoms with E-state index in [0.29, 0.717) is 0 Å². The first-order chi connectivity index (χ1) is 7.45. The summed E-state index contributed by atoms with van der Waals surface area (Å²) in [5, 5.41) is 0. The van der Waals surface area contributed by atoms with Crippen molar-refractivity contribution in [2.45, 2.75) is 13.3 Å². The first kappa shape index (κ1) is 13.3. The number of hydrogen-bond donors (Lipinski definition) is 0. The molecule has 0 saturated carbocycles. The summed E-state index contributed by atoms with van der Waals surface area (Å²) >= 11 is 0. The van der Waals surface area contributed by atoms with E-state index in [2.05, 4.69) is 49.4 Å². The maximum absolute atomic E-state index is 3.30. The molecule has 0 radical (unpaired) electrons. The number of benzene rings is 2. The third-order valence-corrected chi connectivity index (χ3v) is 2.62. The second kappa shape index (κ2) is 6.07. The van der Waals surface area contributed by atoms with E-state index in [1.807, 2.05) is 6.07 Å². The van der Waals surface area contributed by atoms with Gasteiger partial charge in [-0.2, -0.15) is 36.8 Å².